The van der Waals surface area contributed by atoms with Crippen LogP contribution in [-0.2, 0) is 4.79 Å². The third-order valence-corrected chi connectivity index (χ3v) is 2.17. The maximum Gasteiger partial charge on any atom is 0.327 e. The van der Waals surface area contributed by atoms with Crippen molar-refractivity contribution in [2.24, 2.45) is 0 Å². The van der Waals surface area contributed by atoms with Gasteiger partial charge in [0.25, 0.3) is 5.91 Å². The van der Waals surface area contributed by atoms with Gasteiger partial charge in [-0.05, 0) is 20.8 Å². The van der Waals surface area contributed by atoms with Crippen LogP contribution >= 0.6 is 0 Å². The van der Waals surface area contributed by atoms with Crippen molar-refractivity contribution < 1.29 is 9.59 Å². The molecule has 1 heterocycles. The fraction of sp³-hybridized carbons (Fsp3) is 0.750. The van der Waals surface area contributed by atoms with Crippen LogP contribution in [0.15, 0.2) is 0 Å². The van der Waals surface area contributed by atoms with Crippen molar-refractivity contribution in [2.45, 2.75) is 32.9 Å². The van der Waals surface area contributed by atoms with E-state index in [1.54, 1.807) is 11.8 Å². The molecule has 0 spiro atoms. The Balaban J connectivity index is 2.91. The van der Waals surface area contributed by atoms with Gasteiger partial charge in [-0.15, -0.1) is 0 Å². The molecule has 0 saturated carbocycles. The molecule has 0 aliphatic carbocycles. The SMILES string of the molecule is CC(C)N1C(=O)N(C)C(=O)[C@H]1C. The maximum atomic E-state index is 11.4. The third-order valence-electron chi connectivity index (χ3n) is 2.17. The third kappa shape index (κ3) is 1.07. The summed E-state index contributed by atoms with van der Waals surface area (Å²) in [5, 5.41) is 0. The zero-order valence-electron chi connectivity index (χ0n) is 7.87. The van der Waals surface area contributed by atoms with Crippen LogP contribution in [0.3, 0.4) is 0 Å². The number of rotatable bonds is 1. The van der Waals surface area contributed by atoms with Crippen LogP contribution in [0.5, 0.6) is 0 Å². The number of carbonyl (C=O) groups excluding carboxylic acids is 2. The average Bonchev–Trinajstić information content (AvgIpc) is 2.16. The van der Waals surface area contributed by atoms with E-state index in [4.69, 9.17) is 0 Å². The Morgan fingerprint density at radius 3 is 2.00 bits per heavy atom. The second-order valence-corrected chi connectivity index (χ2v) is 3.36. The number of nitrogens with zero attached hydrogens (tertiary/aromatic N) is 2. The summed E-state index contributed by atoms with van der Waals surface area (Å²) in [5.74, 6) is -0.117. The van der Waals surface area contributed by atoms with E-state index in [0.717, 1.165) is 0 Å². The zero-order valence-corrected chi connectivity index (χ0v) is 7.87. The summed E-state index contributed by atoms with van der Waals surface area (Å²) in [6, 6.07) is -0.411. The first-order chi connectivity index (χ1) is 5.46. The number of urea groups is 1. The van der Waals surface area contributed by atoms with E-state index in [1.165, 1.54) is 11.9 Å². The second kappa shape index (κ2) is 2.77. The van der Waals surface area contributed by atoms with Gasteiger partial charge < -0.3 is 4.90 Å². The topological polar surface area (TPSA) is 40.6 Å². The lowest BCUT2D eigenvalue weighted by Crippen LogP contribution is -2.38. The Morgan fingerprint density at radius 2 is 1.83 bits per heavy atom. The van der Waals surface area contributed by atoms with Gasteiger partial charge in [0.2, 0.25) is 0 Å². The molecule has 1 aliphatic heterocycles. The molecule has 1 saturated heterocycles. The van der Waals surface area contributed by atoms with E-state index in [0.29, 0.717) is 0 Å². The van der Waals surface area contributed by atoms with Gasteiger partial charge in [-0.25, -0.2) is 4.79 Å². The van der Waals surface area contributed by atoms with Crippen molar-refractivity contribution in [2.75, 3.05) is 7.05 Å². The van der Waals surface area contributed by atoms with Gasteiger partial charge in [0.1, 0.15) is 6.04 Å². The van der Waals surface area contributed by atoms with Gasteiger partial charge >= 0.3 is 6.03 Å². The summed E-state index contributed by atoms with van der Waals surface area (Å²) >= 11 is 0. The van der Waals surface area contributed by atoms with Crippen LogP contribution in [0, 0.1) is 0 Å². The molecule has 3 amide bonds. The van der Waals surface area contributed by atoms with E-state index in [1.807, 2.05) is 13.8 Å². The van der Waals surface area contributed by atoms with Crippen LogP contribution in [0.1, 0.15) is 20.8 Å². The molecular weight excluding hydrogens is 156 g/mol. The van der Waals surface area contributed by atoms with Crippen molar-refractivity contribution in [1.29, 1.82) is 0 Å². The van der Waals surface area contributed by atoms with Crippen molar-refractivity contribution in [3.8, 4) is 0 Å². The minimum Gasteiger partial charge on any atom is -0.310 e. The number of imide groups is 1. The Labute approximate surface area is 72.1 Å². The summed E-state index contributed by atoms with van der Waals surface area (Å²) in [5.41, 5.74) is 0. The summed E-state index contributed by atoms with van der Waals surface area (Å²) in [7, 11) is 1.52. The molecule has 0 aromatic heterocycles. The fourth-order valence-corrected chi connectivity index (χ4v) is 1.50. The van der Waals surface area contributed by atoms with Crippen molar-refractivity contribution in [3.05, 3.63) is 0 Å². The second-order valence-electron chi connectivity index (χ2n) is 3.36. The fourth-order valence-electron chi connectivity index (χ4n) is 1.50. The Hall–Kier alpha value is -1.06. The molecule has 1 rings (SSSR count). The number of carbonyl (C=O) groups is 2. The lowest BCUT2D eigenvalue weighted by Gasteiger charge is -2.22. The summed E-state index contributed by atoms with van der Waals surface area (Å²) in [4.78, 5) is 25.4. The van der Waals surface area contributed by atoms with E-state index in [9.17, 15) is 9.59 Å². The molecule has 12 heavy (non-hydrogen) atoms. The Morgan fingerprint density at radius 1 is 1.33 bits per heavy atom. The average molecular weight is 170 g/mol. The largest absolute Gasteiger partial charge is 0.327 e. The minimum absolute atomic E-state index is 0.0846. The van der Waals surface area contributed by atoms with Gasteiger partial charge in [0, 0.05) is 13.1 Å². The number of hydrogen-bond acceptors (Lipinski definition) is 2. The zero-order chi connectivity index (χ0) is 9.46. The highest BCUT2D eigenvalue weighted by atomic mass is 16.2. The minimum atomic E-state index is -0.303. The molecule has 4 nitrogen and oxygen atoms in total. The van der Waals surface area contributed by atoms with Gasteiger partial charge in [-0.2, -0.15) is 0 Å². The molecule has 0 N–H and O–H groups in total. The van der Waals surface area contributed by atoms with Gasteiger partial charge in [-0.3, -0.25) is 9.69 Å². The van der Waals surface area contributed by atoms with Crippen molar-refractivity contribution in [1.82, 2.24) is 9.80 Å². The maximum absolute atomic E-state index is 11.4. The first-order valence-electron chi connectivity index (χ1n) is 4.06. The highest BCUT2D eigenvalue weighted by Gasteiger charge is 2.41. The predicted octanol–water partition coefficient (Wildman–Crippen LogP) is 0.677. The summed E-state index contributed by atoms with van der Waals surface area (Å²) in [6.45, 7) is 5.56. The van der Waals surface area contributed by atoms with E-state index < -0.39 is 0 Å². The van der Waals surface area contributed by atoms with Crippen LogP contribution in [-0.4, -0.2) is 40.9 Å². The number of hydrogen-bond donors (Lipinski definition) is 0. The standard InChI is InChI=1S/C8H14N2O2/c1-5(2)10-6(3)7(11)9(4)8(10)12/h5-6H,1-4H3/t6-/m1/s1. The van der Waals surface area contributed by atoms with E-state index in [2.05, 4.69) is 0 Å². The van der Waals surface area contributed by atoms with E-state index in [-0.39, 0.29) is 24.0 Å². The van der Waals surface area contributed by atoms with Crippen molar-refractivity contribution in [3.63, 3.8) is 0 Å². The predicted molar refractivity (Wildman–Crippen MR) is 44.6 cm³/mol. The number of likely N-dealkylation sites (N-methyl/N-ethyl adjacent to an activating group) is 1. The Kier molecular flexibility index (Phi) is 2.08. The monoisotopic (exact) mass is 170 g/mol. The molecule has 4 heteroatoms. The van der Waals surface area contributed by atoms with Crippen molar-refractivity contribution >= 4 is 11.9 Å². The molecule has 0 bridgehead atoms. The van der Waals surface area contributed by atoms with Gasteiger partial charge in [0.15, 0.2) is 0 Å². The molecule has 0 unspecified atom stereocenters. The van der Waals surface area contributed by atoms with E-state index >= 15 is 0 Å². The lowest BCUT2D eigenvalue weighted by molar-refractivity contribution is -0.127. The quantitative estimate of drug-likeness (QED) is 0.543. The number of amides is 3. The highest BCUT2D eigenvalue weighted by molar-refractivity contribution is 6.03. The molecule has 1 aliphatic rings. The summed E-state index contributed by atoms with van der Waals surface area (Å²) < 4.78 is 0. The van der Waals surface area contributed by atoms with Crippen LogP contribution < -0.4 is 0 Å². The van der Waals surface area contributed by atoms with Gasteiger partial charge in [-0.1, -0.05) is 0 Å². The highest BCUT2D eigenvalue weighted by Crippen LogP contribution is 2.17. The smallest absolute Gasteiger partial charge is 0.310 e. The molecular formula is C8H14N2O2. The van der Waals surface area contributed by atoms with Crippen LogP contribution in [0.2, 0.25) is 0 Å². The lowest BCUT2D eigenvalue weighted by atomic mass is 10.2. The molecule has 0 radical (unpaired) electrons. The van der Waals surface area contributed by atoms with Crippen LogP contribution in [0.4, 0.5) is 4.79 Å². The molecule has 68 valence electrons. The Bertz CT molecular complexity index is 225. The molecule has 1 fully saturated rings. The first-order valence-corrected chi connectivity index (χ1v) is 4.06. The first kappa shape index (κ1) is 9.03. The summed E-state index contributed by atoms with van der Waals surface area (Å²) in [6.07, 6.45) is 0. The molecule has 0 aromatic rings. The van der Waals surface area contributed by atoms with Crippen LogP contribution in [0.25, 0.3) is 0 Å². The molecule has 1 atom stereocenters. The van der Waals surface area contributed by atoms with Gasteiger partial charge in [0.05, 0.1) is 0 Å². The molecule has 0 aromatic carbocycles. The normalized spacial score (nSPS) is 24.6.